The standard InChI is InChI=1S/C28H34N2O8/c1-30(2)17-11-13(5-8-27(37)6-3-4-7-27)22(32)20-16(17)10-14-9-15-12-18(31)21(26(29)36)25(35)28(15,38)24(34)19(14)23(20)33/h11,14-15,31-32,34,37-38H,3-10,12H2,1-2H3,(H2,29,36)/t14-,15+,28+/m1/s1. The Morgan fingerprint density at radius 3 is 2.37 bits per heavy atom. The minimum Gasteiger partial charge on any atom is -0.511 e. The number of anilines is 1. The number of fused-ring (bicyclic) bond motifs is 3. The van der Waals surface area contributed by atoms with Crippen molar-refractivity contribution in [2.75, 3.05) is 19.0 Å². The average molecular weight is 527 g/mol. The Balaban J connectivity index is 1.61. The Hall–Kier alpha value is -3.37. The topological polar surface area (TPSA) is 182 Å². The number of hydrogen-bond donors (Lipinski definition) is 6. The average Bonchev–Trinajstić information content (AvgIpc) is 3.27. The maximum Gasteiger partial charge on any atom is 0.255 e. The molecular weight excluding hydrogens is 492 g/mol. The maximum absolute atomic E-state index is 13.9. The molecule has 0 bridgehead atoms. The van der Waals surface area contributed by atoms with Gasteiger partial charge in [-0.25, -0.2) is 0 Å². The second-order valence-electron chi connectivity index (χ2n) is 11.5. The fraction of sp³-hybridized carbons (Fsp3) is 0.536. The highest BCUT2D eigenvalue weighted by molar-refractivity contribution is 6.24. The number of hydrogen-bond acceptors (Lipinski definition) is 9. The molecular formula is C28H34N2O8. The van der Waals surface area contributed by atoms with Crippen LogP contribution in [-0.2, 0) is 22.4 Å². The smallest absolute Gasteiger partial charge is 0.255 e. The summed E-state index contributed by atoms with van der Waals surface area (Å²) in [6, 6.07) is 1.82. The van der Waals surface area contributed by atoms with Crippen molar-refractivity contribution in [2.24, 2.45) is 17.6 Å². The van der Waals surface area contributed by atoms with E-state index in [1.165, 1.54) is 0 Å². The van der Waals surface area contributed by atoms with Gasteiger partial charge in [0, 0.05) is 37.7 Å². The minimum atomic E-state index is -2.58. The predicted molar refractivity (Wildman–Crippen MR) is 137 cm³/mol. The molecule has 0 aromatic heterocycles. The zero-order valence-corrected chi connectivity index (χ0v) is 21.6. The fourth-order valence-electron chi connectivity index (χ4n) is 6.96. The molecule has 1 aromatic rings. The third-order valence-corrected chi connectivity index (χ3v) is 8.99. The number of nitrogens with zero attached hydrogens (tertiary/aromatic N) is 1. The maximum atomic E-state index is 13.9. The molecule has 0 spiro atoms. The highest BCUT2D eigenvalue weighted by Crippen LogP contribution is 2.53. The molecule has 5 rings (SSSR count). The van der Waals surface area contributed by atoms with Crippen LogP contribution in [0.25, 0.3) is 0 Å². The van der Waals surface area contributed by atoms with Gasteiger partial charge < -0.3 is 36.2 Å². The molecule has 4 aliphatic rings. The zero-order valence-electron chi connectivity index (χ0n) is 21.6. The molecule has 0 unspecified atom stereocenters. The van der Waals surface area contributed by atoms with Crippen LogP contribution in [0.2, 0.25) is 0 Å². The Morgan fingerprint density at radius 1 is 1.11 bits per heavy atom. The van der Waals surface area contributed by atoms with E-state index in [4.69, 9.17) is 5.73 Å². The van der Waals surface area contributed by atoms with E-state index in [0.717, 1.165) is 18.5 Å². The number of amides is 1. The normalized spacial score (nSPS) is 28.2. The number of carbonyl (C=O) groups excluding carboxylic acids is 3. The lowest BCUT2D eigenvalue weighted by Gasteiger charge is -2.46. The van der Waals surface area contributed by atoms with Gasteiger partial charge in [-0.15, -0.1) is 0 Å². The monoisotopic (exact) mass is 526 g/mol. The molecule has 7 N–H and O–H groups in total. The molecule has 1 saturated carbocycles. The molecule has 10 heteroatoms. The van der Waals surface area contributed by atoms with Crippen molar-refractivity contribution in [3.8, 4) is 5.75 Å². The number of ketones is 2. The summed E-state index contributed by atoms with van der Waals surface area (Å²) in [6.45, 7) is 0. The van der Waals surface area contributed by atoms with Crippen LogP contribution >= 0.6 is 0 Å². The summed E-state index contributed by atoms with van der Waals surface area (Å²) in [6.07, 6.45) is 4.10. The van der Waals surface area contributed by atoms with E-state index in [0.29, 0.717) is 36.8 Å². The number of benzene rings is 1. The first-order valence-electron chi connectivity index (χ1n) is 13.0. The van der Waals surface area contributed by atoms with Gasteiger partial charge in [0.1, 0.15) is 22.8 Å². The van der Waals surface area contributed by atoms with Gasteiger partial charge in [-0.05, 0) is 61.6 Å². The van der Waals surface area contributed by atoms with Crippen molar-refractivity contribution in [1.82, 2.24) is 0 Å². The van der Waals surface area contributed by atoms with Crippen molar-refractivity contribution in [3.63, 3.8) is 0 Å². The van der Waals surface area contributed by atoms with Gasteiger partial charge >= 0.3 is 0 Å². The van der Waals surface area contributed by atoms with Gasteiger partial charge in [-0.1, -0.05) is 12.8 Å². The molecule has 0 heterocycles. The van der Waals surface area contributed by atoms with Crippen LogP contribution in [0.4, 0.5) is 5.69 Å². The van der Waals surface area contributed by atoms with Crippen LogP contribution in [0.1, 0.15) is 66.4 Å². The van der Waals surface area contributed by atoms with Gasteiger partial charge in [0.25, 0.3) is 5.91 Å². The number of nitrogens with two attached hydrogens (primary N) is 1. The number of phenolic OH excluding ortho intramolecular Hbond substituents is 1. The first-order valence-corrected chi connectivity index (χ1v) is 13.0. The number of Topliss-reactive ketones (excluding diaryl/α,β-unsaturated/α-hetero) is 2. The lowest BCUT2D eigenvalue weighted by Crippen LogP contribution is -2.57. The molecule has 204 valence electrons. The lowest BCUT2D eigenvalue weighted by molar-refractivity contribution is -0.144. The number of aliphatic hydroxyl groups is 4. The number of primary amides is 1. The quantitative estimate of drug-likeness (QED) is 0.312. The number of carbonyl (C=O) groups is 3. The summed E-state index contributed by atoms with van der Waals surface area (Å²) in [7, 11) is 3.64. The minimum absolute atomic E-state index is 0.00114. The van der Waals surface area contributed by atoms with Crippen LogP contribution in [0.15, 0.2) is 28.7 Å². The van der Waals surface area contributed by atoms with Gasteiger partial charge in [0.15, 0.2) is 11.4 Å². The van der Waals surface area contributed by atoms with Crippen LogP contribution < -0.4 is 10.6 Å². The van der Waals surface area contributed by atoms with E-state index < -0.39 is 57.6 Å². The molecule has 1 fully saturated rings. The highest BCUT2D eigenvalue weighted by atomic mass is 16.3. The third kappa shape index (κ3) is 3.72. The molecule has 0 aliphatic heterocycles. The zero-order chi connectivity index (χ0) is 27.7. The molecule has 4 aliphatic carbocycles. The molecule has 3 atom stereocenters. The summed E-state index contributed by atoms with van der Waals surface area (Å²) in [5, 5.41) is 55.1. The summed E-state index contributed by atoms with van der Waals surface area (Å²) in [5.74, 6) is -6.37. The number of phenols is 1. The number of aryl methyl sites for hydroxylation is 1. The van der Waals surface area contributed by atoms with E-state index in [9.17, 15) is 39.9 Å². The third-order valence-electron chi connectivity index (χ3n) is 8.99. The lowest BCUT2D eigenvalue weighted by atomic mass is 9.60. The van der Waals surface area contributed by atoms with Crippen LogP contribution in [0.5, 0.6) is 5.75 Å². The van der Waals surface area contributed by atoms with Crippen molar-refractivity contribution >= 4 is 23.2 Å². The van der Waals surface area contributed by atoms with Gasteiger partial charge in [0.05, 0.1) is 11.2 Å². The second-order valence-corrected chi connectivity index (χ2v) is 11.5. The number of aromatic hydroxyl groups is 1. The fourth-order valence-corrected chi connectivity index (χ4v) is 6.96. The molecule has 0 saturated heterocycles. The Bertz CT molecular complexity index is 1320. The van der Waals surface area contributed by atoms with E-state index in [-0.39, 0.29) is 36.1 Å². The van der Waals surface area contributed by atoms with Crippen LogP contribution in [0.3, 0.4) is 0 Å². The van der Waals surface area contributed by atoms with Crippen molar-refractivity contribution in [2.45, 2.75) is 69.0 Å². The highest BCUT2D eigenvalue weighted by Gasteiger charge is 2.59. The van der Waals surface area contributed by atoms with Crippen LogP contribution in [-0.4, -0.2) is 68.3 Å². The second kappa shape index (κ2) is 8.84. The van der Waals surface area contributed by atoms with Gasteiger partial charge in [-0.2, -0.15) is 0 Å². The van der Waals surface area contributed by atoms with Crippen LogP contribution in [0, 0.1) is 11.8 Å². The molecule has 38 heavy (non-hydrogen) atoms. The number of rotatable bonds is 5. The molecule has 10 nitrogen and oxygen atoms in total. The Kier molecular flexibility index (Phi) is 6.11. The van der Waals surface area contributed by atoms with Crippen molar-refractivity contribution in [1.29, 1.82) is 0 Å². The number of allylic oxidation sites excluding steroid dienone is 2. The van der Waals surface area contributed by atoms with Gasteiger partial charge in [0.2, 0.25) is 5.78 Å². The van der Waals surface area contributed by atoms with Crippen molar-refractivity contribution in [3.05, 3.63) is 45.4 Å². The van der Waals surface area contributed by atoms with E-state index in [1.54, 1.807) is 0 Å². The Morgan fingerprint density at radius 2 is 1.76 bits per heavy atom. The van der Waals surface area contributed by atoms with Gasteiger partial charge in [-0.3, -0.25) is 14.4 Å². The Labute approximate surface area is 220 Å². The van der Waals surface area contributed by atoms with Crippen molar-refractivity contribution < 1.29 is 39.9 Å². The SMILES string of the molecule is CN(C)c1cc(CCC2(O)CCCC2)c(O)c2c1C[C@H]1C[C@H]3CC(O)=C(C(N)=O)C(=O)[C@@]3(O)C(O)=C1C2=O. The summed E-state index contributed by atoms with van der Waals surface area (Å²) in [4.78, 5) is 40.7. The summed E-state index contributed by atoms with van der Waals surface area (Å²) < 4.78 is 0. The van der Waals surface area contributed by atoms with E-state index >= 15 is 0 Å². The van der Waals surface area contributed by atoms with E-state index in [1.807, 2.05) is 25.1 Å². The molecule has 1 amide bonds. The summed E-state index contributed by atoms with van der Waals surface area (Å²) in [5.41, 5.74) is 2.69. The predicted octanol–water partition coefficient (Wildman–Crippen LogP) is 1.88. The molecule has 1 aromatic carbocycles. The first-order chi connectivity index (χ1) is 17.8. The van der Waals surface area contributed by atoms with E-state index in [2.05, 4.69) is 0 Å². The molecule has 0 radical (unpaired) electrons. The largest absolute Gasteiger partial charge is 0.511 e. The summed E-state index contributed by atoms with van der Waals surface area (Å²) >= 11 is 0. The number of aliphatic hydroxyl groups excluding tert-OH is 2. The first kappa shape index (κ1) is 26.2.